The fraction of sp³-hybridized carbons (Fsp3) is 0.867. The number of unbranched alkanes of at least 4 members (excludes halogenated alkanes) is 2. The van der Waals surface area contributed by atoms with Crippen molar-refractivity contribution in [2.24, 2.45) is 0 Å². The molecule has 2 saturated heterocycles. The monoisotopic (exact) mass is 694 g/mol. The largest absolute Gasteiger partial charge is 0.394 e. The molecule has 0 aromatic carbocycles. The van der Waals surface area contributed by atoms with Gasteiger partial charge >= 0.3 is 0 Å². The van der Waals surface area contributed by atoms with Gasteiger partial charge in [0, 0.05) is 65.8 Å². The van der Waals surface area contributed by atoms with Crippen molar-refractivity contribution in [3.63, 3.8) is 0 Å². The van der Waals surface area contributed by atoms with E-state index in [1.165, 1.54) is 13.8 Å². The van der Waals surface area contributed by atoms with Gasteiger partial charge in [-0.2, -0.15) is 0 Å². The lowest BCUT2D eigenvalue weighted by molar-refractivity contribution is -0.205. The molecular weight excluding hydrogens is 640 g/mol. The summed E-state index contributed by atoms with van der Waals surface area (Å²) in [5.41, 5.74) is 0. The highest BCUT2D eigenvalue weighted by molar-refractivity contribution is 5.77. The topological polar surface area (TPSA) is 275 Å². The Morgan fingerprint density at radius 3 is 1.35 bits per heavy atom. The molecule has 18 nitrogen and oxygen atoms in total. The lowest BCUT2D eigenvalue weighted by Gasteiger charge is -2.27. The minimum absolute atomic E-state index is 0.0298. The molecule has 10 atom stereocenters. The van der Waals surface area contributed by atoms with Gasteiger partial charge in [-0.25, -0.2) is 0 Å². The number of aliphatic hydroxyl groups is 6. The van der Waals surface area contributed by atoms with Crippen LogP contribution in [0.4, 0.5) is 0 Å². The maximum atomic E-state index is 12.2. The van der Waals surface area contributed by atoms with Crippen LogP contribution in [0.5, 0.6) is 0 Å². The van der Waals surface area contributed by atoms with Gasteiger partial charge in [-0.3, -0.25) is 19.2 Å². The lowest BCUT2D eigenvalue weighted by atomic mass is 10.0. The van der Waals surface area contributed by atoms with Gasteiger partial charge in [-0.05, 0) is 25.7 Å². The molecule has 2 aliphatic rings. The molecular formula is C30H54N4O14. The van der Waals surface area contributed by atoms with Crippen LogP contribution >= 0.6 is 0 Å². The maximum Gasteiger partial charge on any atom is 0.220 e. The van der Waals surface area contributed by atoms with E-state index in [9.17, 15) is 49.8 Å². The molecule has 18 heteroatoms. The van der Waals surface area contributed by atoms with Crippen molar-refractivity contribution in [3.05, 3.63) is 0 Å². The normalized spacial score (nSPS) is 30.8. The molecule has 0 saturated carbocycles. The minimum atomic E-state index is -1.35. The Morgan fingerprint density at radius 1 is 0.646 bits per heavy atom. The van der Waals surface area contributed by atoms with Gasteiger partial charge < -0.3 is 70.9 Å². The zero-order chi connectivity index (χ0) is 35.6. The molecule has 48 heavy (non-hydrogen) atoms. The van der Waals surface area contributed by atoms with Crippen molar-refractivity contribution >= 4 is 23.6 Å². The van der Waals surface area contributed by atoms with Gasteiger partial charge in [0.05, 0.1) is 37.5 Å². The van der Waals surface area contributed by atoms with Crippen molar-refractivity contribution in [3.8, 4) is 0 Å². The quantitative estimate of drug-likeness (QED) is 0.0583. The second-order valence-electron chi connectivity index (χ2n) is 12.0. The lowest BCUT2D eigenvalue weighted by Crippen LogP contribution is -2.46. The van der Waals surface area contributed by atoms with E-state index in [4.69, 9.17) is 18.9 Å². The predicted octanol–water partition coefficient (Wildman–Crippen LogP) is -3.74. The van der Waals surface area contributed by atoms with Gasteiger partial charge in [-0.15, -0.1) is 0 Å². The SMILES string of the molecule is CC(=O)NC1CC(O)[C@@H](O)C(CO)O[C@H]1OCCCCC(=O)NCCNC(=O)CCCCO[C@@H]1OC(CO)[C@H](O)C(O)CC1NC(C)=O. The molecule has 6 unspecified atom stereocenters. The summed E-state index contributed by atoms with van der Waals surface area (Å²) >= 11 is 0. The molecule has 278 valence electrons. The van der Waals surface area contributed by atoms with E-state index >= 15 is 0 Å². The van der Waals surface area contributed by atoms with Crippen LogP contribution in [0, 0.1) is 0 Å². The second kappa shape index (κ2) is 22.2. The molecule has 2 rings (SSSR count). The van der Waals surface area contributed by atoms with Gasteiger partial charge in [0.15, 0.2) is 12.6 Å². The predicted molar refractivity (Wildman–Crippen MR) is 166 cm³/mol. The van der Waals surface area contributed by atoms with Crippen LogP contribution in [-0.4, -0.2) is 155 Å². The molecule has 0 radical (unpaired) electrons. The number of aliphatic hydroxyl groups excluding tert-OH is 6. The Kier molecular flexibility index (Phi) is 19.3. The van der Waals surface area contributed by atoms with Crippen LogP contribution < -0.4 is 21.3 Å². The number of carbonyl (C=O) groups excluding carboxylic acids is 4. The molecule has 0 spiro atoms. The first-order valence-corrected chi connectivity index (χ1v) is 16.4. The molecule has 0 bridgehead atoms. The average molecular weight is 695 g/mol. The summed E-state index contributed by atoms with van der Waals surface area (Å²) < 4.78 is 22.7. The summed E-state index contributed by atoms with van der Waals surface area (Å²) in [7, 11) is 0. The molecule has 10 N–H and O–H groups in total. The minimum Gasteiger partial charge on any atom is -0.394 e. The van der Waals surface area contributed by atoms with Gasteiger partial charge in [-0.1, -0.05) is 0 Å². The fourth-order valence-corrected chi connectivity index (χ4v) is 5.36. The zero-order valence-electron chi connectivity index (χ0n) is 27.6. The van der Waals surface area contributed by atoms with Crippen LogP contribution in [0.15, 0.2) is 0 Å². The first-order chi connectivity index (χ1) is 22.9. The van der Waals surface area contributed by atoms with E-state index in [-0.39, 0.29) is 75.6 Å². The maximum absolute atomic E-state index is 12.2. The third-order valence-corrected chi connectivity index (χ3v) is 7.88. The van der Waals surface area contributed by atoms with Crippen molar-refractivity contribution in [1.29, 1.82) is 0 Å². The van der Waals surface area contributed by atoms with E-state index in [0.29, 0.717) is 25.7 Å². The van der Waals surface area contributed by atoms with Crippen LogP contribution in [0.3, 0.4) is 0 Å². The molecule has 0 aromatic heterocycles. The first kappa shape index (κ1) is 41.7. The molecule has 0 aromatic rings. The number of hydrogen-bond donors (Lipinski definition) is 10. The van der Waals surface area contributed by atoms with Crippen molar-refractivity contribution in [2.75, 3.05) is 39.5 Å². The van der Waals surface area contributed by atoms with E-state index in [0.717, 1.165) is 0 Å². The fourth-order valence-electron chi connectivity index (χ4n) is 5.36. The number of amides is 4. The molecule has 2 aliphatic heterocycles. The highest BCUT2D eigenvalue weighted by Crippen LogP contribution is 2.23. The Labute approximate surface area is 279 Å². The molecule has 0 aliphatic carbocycles. The highest BCUT2D eigenvalue weighted by Gasteiger charge is 2.40. The van der Waals surface area contributed by atoms with Crippen LogP contribution in [-0.2, 0) is 38.1 Å². The number of carbonyl (C=O) groups is 4. The Morgan fingerprint density at radius 2 is 1.02 bits per heavy atom. The Balaban J connectivity index is 1.58. The zero-order valence-corrected chi connectivity index (χ0v) is 27.6. The number of hydrogen-bond acceptors (Lipinski definition) is 14. The van der Waals surface area contributed by atoms with Crippen LogP contribution in [0.2, 0.25) is 0 Å². The molecule has 2 heterocycles. The Bertz CT molecular complexity index is 917. The third-order valence-electron chi connectivity index (χ3n) is 7.88. The third kappa shape index (κ3) is 14.9. The van der Waals surface area contributed by atoms with Crippen LogP contribution in [0.25, 0.3) is 0 Å². The number of ether oxygens (including phenoxy) is 4. The van der Waals surface area contributed by atoms with E-state index in [1.54, 1.807) is 0 Å². The summed E-state index contributed by atoms with van der Waals surface area (Å²) in [5, 5.41) is 70.3. The van der Waals surface area contributed by atoms with E-state index < -0.39 is 74.5 Å². The van der Waals surface area contributed by atoms with Crippen molar-refractivity contribution in [2.45, 2.75) is 127 Å². The Hall–Kier alpha value is -2.52. The summed E-state index contributed by atoms with van der Waals surface area (Å²) in [4.78, 5) is 47.5. The standard InChI is InChI=1S/C30H54N4O14/c1-17(37)33-19-13-21(39)27(43)23(15-35)47-29(19)45-11-5-3-7-25(41)31-9-10-32-26(42)8-4-6-12-46-30-20(34-18(2)38)14-22(40)28(44)24(16-36)48-30/h19-24,27-30,35-36,39-40,43-44H,3-16H2,1-2H3,(H,31,41)(H,32,42)(H,33,37)(H,34,38)/t19?,20?,21?,22?,23?,24?,27-,28-,29-,30-/m1/s1. The first-order valence-electron chi connectivity index (χ1n) is 16.4. The summed E-state index contributed by atoms with van der Waals surface area (Å²) in [5.74, 6) is -1.17. The smallest absolute Gasteiger partial charge is 0.220 e. The highest BCUT2D eigenvalue weighted by atomic mass is 16.7. The summed E-state index contributed by atoms with van der Waals surface area (Å²) in [6.07, 6.45) is -7.08. The van der Waals surface area contributed by atoms with Gasteiger partial charge in [0.1, 0.15) is 24.4 Å². The number of rotatable bonds is 19. The molecule has 4 amide bonds. The van der Waals surface area contributed by atoms with E-state index in [2.05, 4.69) is 21.3 Å². The van der Waals surface area contributed by atoms with Gasteiger partial charge in [0.25, 0.3) is 0 Å². The summed E-state index contributed by atoms with van der Waals surface area (Å²) in [6.45, 7) is 2.30. The molecule has 2 fully saturated rings. The number of nitrogens with one attached hydrogen (secondary N) is 4. The van der Waals surface area contributed by atoms with Crippen LogP contribution in [0.1, 0.15) is 65.2 Å². The van der Waals surface area contributed by atoms with Crippen molar-refractivity contribution in [1.82, 2.24) is 21.3 Å². The second-order valence-corrected chi connectivity index (χ2v) is 12.0. The van der Waals surface area contributed by atoms with Crippen molar-refractivity contribution < 1.29 is 68.8 Å². The van der Waals surface area contributed by atoms with Gasteiger partial charge in [0.2, 0.25) is 23.6 Å². The van der Waals surface area contributed by atoms with E-state index in [1.807, 2.05) is 0 Å². The average Bonchev–Trinajstić information content (AvgIpc) is 3.21. The summed E-state index contributed by atoms with van der Waals surface area (Å²) in [6, 6.07) is -1.49.